The molecule has 25 heavy (non-hydrogen) atoms. The number of carbonyl (C=O) groups is 2. The molecule has 2 aromatic carbocycles. The molecular weight excluding hydrogens is 323 g/mol. The SMILES string of the molecule is C=CCOc1ccc(/C=C/C(=O)NNC(=O)c2ccccc2F)cc1. The van der Waals surface area contributed by atoms with Gasteiger partial charge < -0.3 is 4.74 Å². The van der Waals surface area contributed by atoms with E-state index in [1.54, 1.807) is 36.4 Å². The normalized spacial score (nSPS) is 10.3. The Hall–Kier alpha value is -3.41. The fraction of sp³-hybridized carbons (Fsp3) is 0.0526. The number of nitrogens with one attached hydrogen (secondary N) is 2. The third-order valence-electron chi connectivity index (χ3n) is 3.09. The molecule has 0 spiro atoms. The summed E-state index contributed by atoms with van der Waals surface area (Å²) in [5.41, 5.74) is 4.97. The maximum Gasteiger partial charge on any atom is 0.272 e. The lowest BCUT2D eigenvalue weighted by Gasteiger charge is -2.06. The first-order valence-corrected chi connectivity index (χ1v) is 7.47. The summed E-state index contributed by atoms with van der Waals surface area (Å²) in [5, 5.41) is 0. The summed E-state index contributed by atoms with van der Waals surface area (Å²) in [5.74, 6) is -1.25. The number of amides is 2. The Labute approximate surface area is 144 Å². The van der Waals surface area contributed by atoms with Crippen LogP contribution in [0.5, 0.6) is 5.75 Å². The van der Waals surface area contributed by atoms with Crippen molar-refractivity contribution in [1.82, 2.24) is 10.9 Å². The summed E-state index contributed by atoms with van der Waals surface area (Å²) in [7, 11) is 0. The molecule has 0 saturated heterocycles. The molecular formula is C19H17FN2O3. The standard InChI is InChI=1S/C19H17FN2O3/c1-2-13-25-15-10-7-14(8-11-15)9-12-18(23)21-22-19(24)16-5-3-4-6-17(16)20/h2-12H,1,13H2,(H,21,23)(H,22,24)/b12-9+. The van der Waals surface area contributed by atoms with Crippen molar-refractivity contribution >= 4 is 17.9 Å². The topological polar surface area (TPSA) is 67.4 Å². The number of rotatable bonds is 6. The number of halogens is 1. The summed E-state index contributed by atoms with van der Waals surface area (Å²) >= 11 is 0. The second kappa shape index (κ2) is 9.02. The first-order chi connectivity index (χ1) is 12.1. The van der Waals surface area contributed by atoms with Crippen molar-refractivity contribution in [2.45, 2.75) is 0 Å². The quantitative estimate of drug-likeness (QED) is 0.483. The molecule has 2 rings (SSSR count). The van der Waals surface area contributed by atoms with Crippen LogP contribution in [-0.2, 0) is 4.79 Å². The molecule has 2 N–H and O–H groups in total. The molecule has 0 unspecified atom stereocenters. The highest BCUT2D eigenvalue weighted by Gasteiger charge is 2.10. The van der Waals surface area contributed by atoms with Gasteiger partial charge in [0.1, 0.15) is 18.2 Å². The van der Waals surface area contributed by atoms with Crippen LogP contribution in [0.4, 0.5) is 4.39 Å². The Morgan fingerprint density at radius 1 is 1.08 bits per heavy atom. The van der Waals surface area contributed by atoms with Gasteiger partial charge >= 0.3 is 0 Å². The highest BCUT2D eigenvalue weighted by Crippen LogP contribution is 2.13. The van der Waals surface area contributed by atoms with Crippen molar-refractivity contribution in [3.63, 3.8) is 0 Å². The Bertz CT molecular complexity index is 786. The minimum Gasteiger partial charge on any atom is -0.490 e. The van der Waals surface area contributed by atoms with Crippen molar-refractivity contribution in [3.8, 4) is 5.75 Å². The van der Waals surface area contributed by atoms with E-state index in [-0.39, 0.29) is 5.56 Å². The number of hydrogen-bond acceptors (Lipinski definition) is 3. The molecule has 0 aliphatic rings. The zero-order valence-electron chi connectivity index (χ0n) is 13.4. The lowest BCUT2D eigenvalue weighted by atomic mass is 10.2. The molecule has 5 nitrogen and oxygen atoms in total. The van der Waals surface area contributed by atoms with Crippen molar-refractivity contribution < 1.29 is 18.7 Å². The lowest BCUT2D eigenvalue weighted by molar-refractivity contribution is -0.117. The molecule has 2 aromatic rings. The summed E-state index contributed by atoms with van der Waals surface area (Å²) < 4.78 is 18.8. The summed E-state index contributed by atoms with van der Waals surface area (Å²) in [6, 6.07) is 12.6. The van der Waals surface area contributed by atoms with Gasteiger partial charge in [-0.05, 0) is 35.9 Å². The van der Waals surface area contributed by atoms with Crippen LogP contribution in [0.2, 0.25) is 0 Å². The van der Waals surface area contributed by atoms with Crippen LogP contribution >= 0.6 is 0 Å². The van der Waals surface area contributed by atoms with E-state index in [4.69, 9.17) is 4.74 Å². The van der Waals surface area contributed by atoms with Gasteiger partial charge in [0, 0.05) is 6.08 Å². The maximum atomic E-state index is 13.4. The minimum absolute atomic E-state index is 0.151. The van der Waals surface area contributed by atoms with Crippen LogP contribution < -0.4 is 15.6 Å². The molecule has 0 heterocycles. The van der Waals surface area contributed by atoms with Crippen LogP contribution in [0, 0.1) is 5.82 Å². The largest absolute Gasteiger partial charge is 0.490 e. The molecule has 2 amide bonds. The van der Waals surface area contributed by atoms with Crippen molar-refractivity contribution in [2.75, 3.05) is 6.61 Å². The lowest BCUT2D eigenvalue weighted by Crippen LogP contribution is -2.41. The van der Waals surface area contributed by atoms with Crippen LogP contribution in [0.15, 0.2) is 67.3 Å². The van der Waals surface area contributed by atoms with Crippen molar-refractivity contribution in [2.24, 2.45) is 0 Å². The number of hydrogen-bond donors (Lipinski definition) is 2. The van der Waals surface area contributed by atoms with Gasteiger partial charge in [0.2, 0.25) is 0 Å². The van der Waals surface area contributed by atoms with E-state index in [1.807, 2.05) is 0 Å². The first-order valence-electron chi connectivity index (χ1n) is 7.47. The minimum atomic E-state index is -0.733. The Kier molecular flexibility index (Phi) is 6.47. The summed E-state index contributed by atoms with van der Waals surface area (Å²) in [4.78, 5) is 23.5. The van der Waals surface area contributed by atoms with Crippen LogP contribution in [0.1, 0.15) is 15.9 Å². The third kappa shape index (κ3) is 5.62. The monoisotopic (exact) mass is 340 g/mol. The zero-order valence-corrected chi connectivity index (χ0v) is 13.4. The fourth-order valence-corrected chi connectivity index (χ4v) is 1.87. The van der Waals surface area contributed by atoms with E-state index in [2.05, 4.69) is 17.4 Å². The second-order valence-corrected chi connectivity index (χ2v) is 4.93. The fourth-order valence-electron chi connectivity index (χ4n) is 1.87. The number of ether oxygens (including phenoxy) is 1. The second-order valence-electron chi connectivity index (χ2n) is 4.93. The molecule has 128 valence electrons. The maximum absolute atomic E-state index is 13.4. The molecule has 6 heteroatoms. The van der Waals surface area contributed by atoms with Gasteiger partial charge in [-0.3, -0.25) is 20.4 Å². The van der Waals surface area contributed by atoms with Gasteiger partial charge in [-0.15, -0.1) is 0 Å². The van der Waals surface area contributed by atoms with Gasteiger partial charge in [0.25, 0.3) is 11.8 Å². The highest BCUT2D eigenvalue weighted by atomic mass is 19.1. The van der Waals surface area contributed by atoms with E-state index < -0.39 is 17.6 Å². The third-order valence-corrected chi connectivity index (χ3v) is 3.09. The van der Waals surface area contributed by atoms with Gasteiger partial charge in [0.05, 0.1) is 5.56 Å². The zero-order chi connectivity index (χ0) is 18.1. The van der Waals surface area contributed by atoms with Gasteiger partial charge in [-0.25, -0.2) is 4.39 Å². The smallest absolute Gasteiger partial charge is 0.272 e. The Morgan fingerprint density at radius 2 is 1.80 bits per heavy atom. The average molecular weight is 340 g/mol. The van der Waals surface area contributed by atoms with Crippen molar-refractivity contribution in [1.29, 1.82) is 0 Å². The molecule has 0 aliphatic carbocycles. The molecule has 0 fully saturated rings. The number of benzene rings is 2. The average Bonchev–Trinajstić information content (AvgIpc) is 2.64. The van der Waals surface area contributed by atoms with Gasteiger partial charge in [0.15, 0.2) is 0 Å². The predicted molar refractivity (Wildman–Crippen MR) is 93.2 cm³/mol. The molecule has 0 bridgehead atoms. The molecule has 0 aliphatic heterocycles. The molecule has 0 saturated carbocycles. The van der Waals surface area contributed by atoms with Crippen LogP contribution in [-0.4, -0.2) is 18.4 Å². The van der Waals surface area contributed by atoms with Gasteiger partial charge in [-0.2, -0.15) is 0 Å². The van der Waals surface area contributed by atoms with Crippen LogP contribution in [0.3, 0.4) is 0 Å². The first kappa shape index (κ1) is 17.9. The summed E-state index contributed by atoms with van der Waals surface area (Å²) in [6.07, 6.45) is 4.47. The van der Waals surface area contributed by atoms with E-state index >= 15 is 0 Å². The molecule has 0 atom stereocenters. The highest BCUT2D eigenvalue weighted by molar-refractivity contribution is 5.98. The van der Waals surface area contributed by atoms with Gasteiger partial charge in [-0.1, -0.05) is 36.9 Å². The Morgan fingerprint density at radius 3 is 2.48 bits per heavy atom. The van der Waals surface area contributed by atoms with E-state index in [1.165, 1.54) is 30.3 Å². The number of hydrazine groups is 1. The predicted octanol–water partition coefficient (Wildman–Crippen LogP) is 2.86. The van der Waals surface area contributed by atoms with E-state index in [0.717, 1.165) is 5.56 Å². The Balaban J connectivity index is 1.85. The molecule has 0 aromatic heterocycles. The number of carbonyl (C=O) groups excluding carboxylic acids is 2. The van der Waals surface area contributed by atoms with E-state index in [0.29, 0.717) is 12.4 Å². The van der Waals surface area contributed by atoms with Crippen LogP contribution in [0.25, 0.3) is 6.08 Å². The van der Waals surface area contributed by atoms with E-state index in [9.17, 15) is 14.0 Å². The summed E-state index contributed by atoms with van der Waals surface area (Å²) in [6.45, 7) is 3.98. The molecule has 0 radical (unpaired) electrons. The van der Waals surface area contributed by atoms with Crippen molar-refractivity contribution in [3.05, 3.63) is 84.2 Å².